The first kappa shape index (κ1) is 11.4. The van der Waals surface area contributed by atoms with E-state index in [2.05, 4.69) is 31.9 Å². The molecule has 72 valence electrons. The Labute approximate surface area is 99.2 Å². The average molecular weight is 317 g/mol. The van der Waals surface area contributed by atoms with Crippen molar-refractivity contribution in [3.63, 3.8) is 0 Å². The van der Waals surface area contributed by atoms with Crippen molar-refractivity contribution in [2.24, 2.45) is 0 Å². The average Bonchev–Trinajstić information content (AvgIpc) is 2.17. The third-order valence-corrected chi connectivity index (χ3v) is 2.77. The lowest BCUT2D eigenvalue weighted by atomic mass is 10.1. The number of hydrogen-bond donors (Lipinski definition) is 0. The summed E-state index contributed by atoms with van der Waals surface area (Å²) in [6.45, 7) is 0. The number of benzene rings is 1. The minimum Gasteiger partial charge on any atom is -0.294 e. The molecule has 0 aliphatic rings. The number of Topliss-reactive ketones (excluding diaryl/α,β-unsaturated/α-hetero) is 1. The molecule has 0 unspecified atom stereocenters. The van der Waals surface area contributed by atoms with Crippen LogP contribution in [0.25, 0.3) is 0 Å². The monoisotopic (exact) mass is 315 g/mol. The van der Waals surface area contributed by atoms with Gasteiger partial charge >= 0.3 is 0 Å². The highest BCUT2D eigenvalue weighted by Crippen LogP contribution is 2.20. The van der Waals surface area contributed by atoms with E-state index in [9.17, 15) is 4.79 Å². The Morgan fingerprint density at radius 3 is 2.71 bits per heavy atom. The lowest BCUT2D eigenvalue weighted by Gasteiger charge is -2.01. The number of hydrogen-bond acceptors (Lipinski definition) is 2. The normalized spacial score (nSPS) is 9.50. The molecule has 0 aliphatic heterocycles. The van der Waals surface area contributed by atoms with Gasteiger partial charge in [-0.15, -0.1) is 0 Å². The minimum absolute atomic E-state index is 0.0678. The fourth-order valence-electron chi connectivity index (χ4n) is 1.03. The maximum Gasteiger partial charge on any atom is 0.164 e. The van der Waals surface area contributed by atoms with Crippen molar-refractivity contribution in [2.45, 2.75) is 6.42 Å². The highest BCUT2D eigenvalue weighted by molar-refractivity contribution is 9.10. The van der Waals surface area contributed by atoms with Crippen LogP contribution < -0.4 is 0 Å². The van der Waals surface area contributed by atoms with Gasteiger partial charge in [-0.1, -0.05) is 31.9 Å². The maximum absolute atomic E-state index is 11.5. The second kappa shape index (κ2) is 5.28. The van der Waals surface area contributed by atoms with Crippen molar-refractivity contribution < 1.29 is 4.79 Å². The Hall–Kier alpha value is -0.660. The topological polar surface area (TPSA) is 40.9 Å². The summed E-state index contributed by atoms with van der Waals surface area (Å²) in [7, 11) is 0. The van der Waals surface area contributed by atoms with Crippen LogP contribution >= 0.6 is 31.9 Å². The number of nitrogens with zero attached hydrogens (tertiary/aromatic N) is 1. The summed E-state index contributed by atoms with van der Waals surface area (Å²) >= 11 is 6.48. The van der Waals surface area contributed by atoms with Crippen molar-refractivity contribution >= 4 is 37.6 Å². The summed E-state index contributed by atoms with van der Waals surface area (Å²) in [5.74, 6) is 0.0678. The van der Waals surface area contributed by atoms with Crippen molar-refractivity contribution in [2.75, 3.05) is 5.33 Å². The molecular weight excluding hydrogens is 310 g/mol. The van der Waals surface area contributed by atoms with Crippen LogP contribution in [0.5, 0.6) is 0 Å². The van der Waals surface area contributed by atoms with Gasteiger partial charge in [0.25, 0.3) is 0 Å². The van der Waals surface area contributed by atoms with Crippen LogP contribution in [0.3, 0.4) is 0 Å². The van der Waals surface area contributed by atoms with Crippen LogP contribution in [0, 0.1) is 11.3 Å². The summed E-state index contributed by atoms with van der Waals surface area (Å²) in [5.41, 5.74) is 1.18. The van der Waals surface area contributed by atoms with Crippen LogP contribution in [-0.2, 0) is 0 Å². The van der Waals surface area contributed by atoms with Gasteiger partial charge in [0.2, 0.25) is 0 Å². The Morgan fingerprint density at radius 1 is 1.50 bits per heavy atom. The number of alkyl halides is 1. The molecule has 2 nitrogen and oxygen atoms in total. The summed E-state index contributed by atoms with van der Waals surface area (Å²) in [6, 6.07) is 6.99. The Bertz CT molecular complexity index is 396. The number of carbonyl (C=O) groups is 1. The molecule has 0 N–H and O–H groups in total. The van der Waals surface area contributed by atoms with Crippen LogP contribution in [0.4, 0.5) is 0 Å². The number of carbonyl (C=O) groups excluding carboxylic acids is 1. The van der Waals surface area contributed by atoms with Gasteiger partial charge in [-0.3, -0.25) is 4.79 Å². The minimum atomic E-state index is 0.0678. The molecule has 4 heteroatoms. The Kier molecular flexibility index (Phi) is 4.30. The predicted octanol–water partition coefficient (Wildman–Crippen LogP) is 3.29. The lowest BCUT2D eigenvalue weighted by Crippen LogP contribution is -2.00. The molecule has 0 saturated heterocycles. The molecule has 1 aromatic carbocycles. The van der Waals surface area contributed by atoms with Gasteiger partial charge in [0.05, 0.1) is 11.6 Å². The van der Waals surface area contributed by atoms with Crippen LogP contribution in [0.2, 0.25) is 0 Å². The summed E-state index contributed by atoms with van der Waals surface area (Å²) in [4.78, 5) is 11.5. The largest absolute Gasteiger partial charge is 0.294 e. The highest BCUT2D eigenvalue weighted by atomic mass is 79.9. The van der Waals surface area contributed by atoms with Gasteiger partial charge in [0.1, 0.15) is 0 Å². The van der Waals surface area contributed by atoms with E-state index in [-0.39, 0.29) is 5.78 Å². The second-order valence-electron chi connectivity index (χ2n) is 2.67. The molecule has 0 heterocycles. The summed E-state index contributed by atoms with van der Waals surface area (Å²) < 4.78 is 0.683. The van der Waals surface area contributed by atoms with Gasteiger partial charge in [-0.25, -0.2) is 0 Å². The van der Waals surface area contributed by atoms with Crippen molar-refractivity contribution in [1.29, 1.82) is 5.26 Å². The molecule has 0 atom stereocenters. The molecule has 0 spiro atoms. The van der Waals surface area contributed by atoms with Gasteiger partial charge in [0, 0.05) is 21.8 Å². The van der Waals surface area contributed by atoms with E-state index < -0.39 is 0 Å². The first-order valence-corrected chi connectivity index (χ1v) is 5.89. The number of ketones is 1. The van der Waals surface area contributed by atoms with Crippen molar-refractivity contribution in [3.05, 3.63) is 33.8 Å². The van der Waals surface area contributed by atoms with Crippen molar-refractivity contribution in [3.8, 4) is 6.07 Å². The van der Waals surface area contributed by atoms with E-state index in [1.807, 2.05) is 6.07 Å². The summed E-state index contributed by atoms with van der Waals surface area (Å²) in [6.07, 6.45) is 0.463. The molecular formula is C10H7Br2NO. The standard InChI is InChI=1S/C10H7Br2NO/c11-4-3-10(14)8-2-1-7(6-13)5-9(8)12/h1-2,5H,3-4H2. The quantitative estimate of drug-likeness (QED) is 0.634. The lowest BCUT2D eigenvalue weighted by molar-refractivity contribution is 0.0989. The van der Waals surface area contributed by atoms with E-state index in [1.165, 1.54) is 0 Å². The molecule has 0 bridgehead atoms. The van der Waals surface area contributed by atoms with Gasteiger partial charge in [-0.2, -0.15) is 5.26 Å². The fourth-order valence-corrected chi connectivity index (χ4v) is 1.99. The van der Waals surface area contributed by atoms with Gasteiger partial charge < -0.3 is 0 Å². The fraction of sp³-hybridized carbons (Fsp3) is 0.200. The molecule has 0 radical (unpaired) electrons. The third kappa shape index (κ3) is 2.66. The SMILES string of the molecule is N#Cc1ccc(C(=O)CCBr)c(Br)c1. The second-order valence-corrected chi connectivity index (χ2v) is 4.32. The predicted molar refractivity (Wildman–Crippen MR) is 61.6 cm³/mol. The first-order valence-electron chi connectivity index (χ1n) is 3.98. The maximum atomic E-state index is 11.5. The van der Waals surface area contributed by atoms with E-state index in [4.69, 9.17) is 5.26 Å². The Morgan fingerprint density at radius 2 is 2.21 bits per heavy atom. The Balaban J connectivity index is 3.01. The van der Waals surface area contributed by atoms with E-state index in [0.717, 1.165) is 0 Å². The zero-order valence-electron chi connectivity index (χ0n) is 7.26. The van der Waals surface area contributed by atoms with Gasteiger partial charge in [-0.05, 0) is 18.2 Å². The summed E-state index contributed by atoms with van der Waals surface area (Å²) in [5, 5.41) is 9.28. The van der Waals surface area contributed by atoms with E-state index >= 15 is 0 Å². The third-order valence-electron chi connectivity index (χ3n) is 1.72. The number of rotatable bonds is 3. The zero-order chi connectivity index (χ0) is 10.6. The van der Waals surface area contributed by atoms with Crippen LogP contribution in [0.15, 0.2) is 22.7 Å². The molecule has 14 heavy (non-hydrogen) atoms. The zero-order valence-corrected chi connectivity index (χ0v) is 10.4. The van der Waals surface area contributed by atoms with Crippen molar-refractivity contribution in [1.82, 2.24) is 0 Å². The van der Waals surface area contributed by atoms with Crippen LogP contribution in [0.1, 0.15) is 22.3 Å². The van der Waals surface area contributed by atoms with E-state index in [1.54, 1.807) is 18.2 Å². The highest BCUT2D eigenvalue weighted by Gasteiger charge is 2.09. The van der Waals surface area contributed by atoms with E-state index in [0.29, 0.717) is 27.4 Å². The molecule has 1 rings (SSSR count). The van der Waals surface area contributed by atoms with Gasteiger partial charge in [0.15, 0.2) is 5.78 Å². The molecule has 1 aromatic rings. The smallest absolute Gasteiger partial charge is 0.164 e. The number of nitriles is 1. The molecule has 0 saturated carbocycles. The first-order chi connectivity index (χ1) is 6.69. The molecule has 0 fully saturated rings. The van der Waals surface area contributed by atoms with Crippen LogP contribution in [-0.4, -0.2) is 11.1 Å². The molecule has 0 aromatic heterocycles. The molecule has 0 amide bonds. The number of halogens is 2. The molecule has 0 aliphatic carbocycles.